The van der Waals surface area contributed by atoms with E-state index in [2.05, 4.69) is 5.32 Å². The average molecular weight is 393 g/mol. The molecule has 0 aliphatic carbocycles. The summed E-state index contributed by atoms with van der Waals surface area (Å²) in [6.07, 6.45) is -0.406. The van der Waals surface area contributed by atoms with Gasteiger partial charge in [0.2, 0.25) is 0 Å². The van der Waals surface area contributed by atoms with Gasteiger partial charge in [0.15, 0.2) is 16.4 Å². The van der Waals surface area contributed by atoms with Gasteiger partial charge >= 0.3 is 5.97 Å². The summed E-state index contributed by atoms with van der Waals surface area (Å²) in [5.74, 6) is -2.37. The van der Waals surface area contributed by atoms with Gasteiger partial charge in [-0.2, -0.15) is 0 Å². The minimum absolute atomic E-state index is 0.0795. The smallest absolute Gasteiger partial charge is 0.307 e. The summed E-state index contributed by atoms with van der Waals surface area (Å²) >= 11 is 0. The first-order chi connectivity index (χ1) is 12.7. The van der Waals surface area contributed by atoms with Crippen LogP contribution in [0.25, 0.3) is 0 Å². The van der Waals surface area contributed by atoms with Crippen molar-refractivity contribution in [1.82, 2.24) is 0 Å². The van der Waals surface area contributed by atoms with E-state index in [9.17, 15) is 22.4 Å². The van der Waals surface area contributed by atoms with Gasteiger partial charge in [-0.05, 0) is 61.4 Å². The van der Waals surface area contributed by atoms with Crippen LogP contribution in [0.2, 0.25) is 0 Å². The maximum atomic E-state index is 12.9. The zero-order chi connectivity index (χ0) is 20.0. The first kappa shape index (κ1) is 20.6. The number of halogens is 1. The molecule has 0 unspecified atom stereocenters. The van der Waals surface area contributed by atoms with Crippen LogP contribution in [0.15, 0.2) is 47.4 Å². The van der Waals surface area contributed by atoms with Gasteiger partial charge in [-0.3, -0.25) is 9.59 Å². The predicted molar refractivity (Wildman–Crippen MR) is 98.6 cm³/mol. The number of aryl methyl sites for hydroxylation is 2. The van der Waals surface area contributed by atoms with Crippen LogP contribution < -0.4 is 5.32 Å². The number of benzene rings is 2. The van der Waals surface area contributed by atoms with E-state index in [1.54, 1.807) is 12.1 Å². The number of esters is 1. The Morgan fingerprint density at radius 1 is 1.04 bits per heavy atom. The number of ether oxygens (including phenoxy) is 1. The highest BCUT2D eigenvalue weighted by molar-refractivity contribution is 7.91. The second-order valence-corrected chi connectivity index (χ2v) is 8.14. The highest BCUT2D eigenvalue weighted by Gasteiger charge is 2.18. The first-order valence-corrected chi connectivity index (χ1v) is 9.83. The Kier molecular flexibility index (Phi) is 6.68. The van der Waals surface area contributed by atoms with Crippen molar-refractivity contribution < 1.29 is 27.1 Å². The molecule has 2 aromatic rings. The predicted octanol–water partition coefficient (Wildman–Crippen LogP) is 2.79. The van der Waals surface area contributed by atoms with Crippen molar-refractivity contribution in [2.75, 3.05) is 17.7 Å². The van der Waals surface area contributed by atoms with Gasteiger partial charge in [-0.25, -0.2) is 12.8 Å². The topological polar surface area (TPSA) is 89.5 Å². The number of nitrogens with one attached hydrogen (secondary N) is 1. The van der Waals surface area contributed by atoms with Crippen molar-refractivity contribution >= 4 is 27.4 Å². The van der Waals surface area contributed by atoms with Crippen LogP contribution in [-0.4, -0.2) is 32.7 Å². The van der Waals surface area contributed by atoms with Gasteiger partial charge in [-0.1, -0.05) is 6.07 Å². The molecule has 0 atom stereocenters. The minimum Gasteiger partial charge on any atom is -0.456 e. The molecule has 0 bridgehead atoms. The molecular formula is C19H20FNO5S. The third kappa shape index (κ3) is 6.18. The maximum absolute atomic E-state index is 12.9. The molecule has 0 fully saturated rings. The van der Waals surface area contributed by atoms with Crippen LogP contribution in [0.5, 0.6) is 0 Å². The molecule has 0 saturated carbocycles. The van der Waals surface area contributed by atoms with Crippen molar-refractivity contribution in [2.24, 2.45) is 0 Å². The summed E-state index contributed by atoms with van der Waals surface area (Å²) in [7, 11) is -3.74. The fourth-order valence-electron chi connectivity index (χ4n) is 2.21. The third-order valence-electron chi connectivity index (χ3n) is 3.90. The Morgan fingerprint density at radius 3 is 2.33 bits per heavy atom. The summed E-state index contributed by atoms with van der Waals surface area (Å²) in [4.78, 5) is 23.5. The molecule has 2 aromatic carbocycles. The Labute approximate surface area is 157 Å². The zero-order valence-electron chi connectivity index (χ0n) is 15.0. The quantitative estimate of drug-likeness (QED) is 0.577. The monoisotopic (exact) mass is 393 g/mol. The molecule has 0 heterocycles. The second-order valence-electron chi connectivity index (χ2n) is 6.03. The van der Waals surface area contributed by atoms with Crippen molar-refractivity contribution in [1.29, 1.82) is 0 Å². The van der Waals surface area contributed by atoms with Crippen LogP contribution in [-0.2, 0) is 24.2 Å². The lowest BCUT2D eigenvalue weighted by Gasteiger charge is -2.09. The molecule has 0 radical (unpaired) electrons. The van der Waals surface area contributed by atoms with Gasteiger partial charge in [-0.15, -0.1) is 0 Å². The molecule has 27 heavy (non-hydrogen) atoms. The lowest BCUT2D eigenvalue weighted by atomic mass is 10.1. The number of rotatable bonds is 7. The van der Waals surface area contributed by atoms with Crippen molar-refractivity contribution in [3.05, 3.63) is 59.4 Å². The van der Waals surface area contributed by atoms with Crippen LogP contribution in [0.3, 0.4) is 0 Å². The third-order valence-corrected chi connectivity index (χ3v) is 5.63. The molecule has 8 heteroatoms. The number of hydrogen-bond donors (Lipinski definition) is 1. The molecule has 6 nitrogen and oxygen atoms in total. The Hall–Kier alpha value is -2.74. The molecule has 2 rings (SSSR count). The summed E-state index contributed by atoms with van der Waals surface area (Å²) in [6, 6.07) is 9.71. The Bertz CT molecular complexity index is 939. The maximum Gasteiger partial charge on any atom is 0.307 e. The van der Waals surface area contributed by atoms with E-state index in [4.69, 9.17) is 4.74 Å². The van der Waals surface area contributed by atoms with Crippen molar-refractivity contribution in [3.8, 4) is 0 Å². The number of amides is 1. The highest BCUT2D eigenvalue weighted by atomic mass is 32.2. The summed E-state index contributed by atoms with van der Waals surface area (Å²) < 4.78 is 41.8. The SMILES string of the molecule is Cc1ccc(NC(=O)COC(=O)CCS(=O)(=O)c2ccc(F)cc2)cc1C. The first-order valence-electron chi connectivity index (χ1n) is 8.18. The van der Waals surface area contributed by atoms with Gasteiger partial charge in [0.05, 0.1) is 17.1 Å². The summed E-state index contributed by atoms with van der Waals surface area (Å²) in [6.45, 7) is 3.34. The Balaban J connectivity index is 1.80. The number of carbonyl (C=O) groups is 2. The molecule has 1 N–H and O–H groups in total. The number of hydrogen-bond acceptors (Lipinski definition) is 5. The van der Waals surface area contributed by atoms with Gasteiger partial charge in [0.1, 0.15) is 5.82 Å². The lowest BCUT2D eigenvalue weighted by molar-refractivity contribution is -0.146. The molecule has 0 saturated heterocycles. The molecular weight excluding hydrogens is 373 g/mol. The Morgan fingerprint density at radius 2 is 1.70 bits per heavy atom. The zero-order valence-corrected chi connectivity index (χ0v) is 15.8. The number of carbonyl (C=O) groups excluding carboxylic acids is 2. The van der Waals surface area contributed by atoms with E-state index in [0.29, 0.717) is 5.69 Å². The van der Waals surface area contributed by atoms with E-state index < -0.39 is 46.3 Å². The van der Waals surface area contributed by atoms with Gasteiger partial charge < -0.3 is 10.1 Å². The summed E-state index contributed by atoms with van der Waals surface area (Å²) in [5, 5.41) is 2.60. The minimum atomic E-state index is -3.74. The van der Waals surface area contributed by atoms with Crippen LogP contribution in [0.4, 0.5) is 10.1 Å². The van der Waals surface area contributed by atoms with E-state index in [0.717, 1.165) is 35.4 Å². The largest absolute Gasteiger partial charge is 0.456 e. The van der Waals surface area contributed by atoms with Crippen LogP contribution in [0, 0.1) is 19.7 Å². The van der Waals surface area contributed by atoms with Gasteiger partial charge in [0.25, 0.3) is 5.91 Å². The number of sulfone groups is 1. The van der Waals surface area contributed by atoms with Gasteiger partial charge in [0, 0.05) is 5.69 Å². The highest BCUT2D eigenvalue weighted by Crippen LogP contribution is 2.15. The van der Waals surface area contributed by atoms with Crippen molar-refractivity contribution in [3.63, 3.8) is 0 Å². The van der Waals surface area contributed by atoms with E-state index in [1.807, 2.05) is 19.9 Å². The molecule has 144 valence electrons. The summed E-state index contributed by atoms with van der Waals surface area (Å²) in [5.41, 5.74) is 2.68. The lowest BCUT2D eigenvalue weighted by Crippen LogP contribution is -2.22. The normalized spacial score (nSPS) is 11.1. The van der Waals surface area contributed by atoms with E-state index >= 15 is 0 Å². The molecule has 0 aromatic heterocycles. The fraction of sp³-hybridized carbons (Fsp3) is 0.263. The van der Waals surface area contributed by atoms with E-state index in [1.165, 1.54) is 0 Å². The molecule has 0 aliphatic rings. The second kappa shape index (κ2) is 8.77. The van der Waals surface area contributed by atoms with Crippen molar-refractivity contribution in [2.45, 2.75) is 25.2 Å². The standard InChI is InChI=1S/C19H20FNO5S/c1-13-3-6-16(11-14(13)2)21-18(22)12-26-19(23)9-10-27(24,25)17-7-4-15(20)5-8-17/h3-8,11H,9-10,12H2,1-2H3,(H,21,22). The fourth-order valence-corrected chi connectivity index (χ4v) is 3.43. The number of anilines is 1. The van der Waals surface area contributed by atoms with Crippen LogP contribution >= 0.6 is 0 Å². The van der Waals surface area contributed by atoms with Crippen LogP contribution in [0.1, 0.15) is 17.5 Å². The molecule has 0 aliphatic heterocycles. The van der Waals surface area contributed by atoms with E-state index in [-0.39, 0.29) is 4.90 Å². The average Bonchev–Trinajstić information content (AvgIpc) is 2.62. The molecule has 0 spiro atoms. The molecule has 1 amide bonds.